The largest absolute Gasteiger partial charge is 0.489 e. The summed E-state index contributed by atoms with van der Waals surface area (Å²) in [4.78, 5) is 28.7. The number of carbonyl (C=O) groups excluding carboxylic acids is 2. The number of benzene rings is 1. The van der Waals surface area contributed by atoms with E-state index in [1.54, 1.807) is 23.3 Å². The fourth-order valence-corrected chi connectivity index (χ4v) is 3.64. The summed E-state index contributed by atoms with van der Waals surface area (Å²) in [6.07, 6.45) is 8.99. The fraction of sp³-hybridized carbons (Fsp3) is 0.391. The summed E-state index contributed by atoms with van der Waals surface area (Å²) < 4.78 is 15.9. The lowest BCUT2D eigenvalue weighted by Gasteiger charge is -2.32. The number of likely N-dealkylation sites (tertiary alicyclic amines) is 1. The van der Waals surface area contributed by atoms with Crippen LogP contribution >= 0.6 is 0 Å². The Kier molecular flexibility index (Phi) is 7.30. The van der Waals surface area contributed by atoms with Crippen LogP contribution in [-0.4, -0.2) is 56.8 Å². The first-order valence-electron chi connectivity index (χ1n) is 10.1. The molecule has 1 saturated heterocycles. The molecule has 0 spiro atoms. The first-order chi connectivity index (χ1) is 14.6. The summed E-state index contributed by atoms with van der Waals surface area (Å²) in [6, 6.07) is 7.45. The number of methoxy groups -OCH3 is 2. The maximum Gasteiger partial charge on any atom is 0.355 e. The number of nitrogens with zero attached hydrogens (tertiary/aromatic N) is 2. The lowest BCUT2D eigenvalue weighted by molar-refractivity contribution is -0.139. The highest BCUT2D eigenvalue weighted by Gasteiger charge is 2.27. The van der Waals surface area contributed by atoms with Gasteiger partial charge in [-0.15, -0.1) is 0 Å². The van der Waals surface area contributed by atoms with Crippen molar-refractivity contribution in [2.24, 2.45) is 0 Å². The third-order valence-corrected chi connectivity index (χ3v) is 5.22. The molecule has 2 aliphatic heterocycles. The van der Waals surface area contributed by atoms with Gasteiger partial charge in [-0.05, 0) is 62.3 Å². The minimum Gasteiger partial charge on any atom is -0.489 e. The molecule has 3 rings (SSSR count). The van der Waals surface area contributed by atoms with Gasteiger partial charge in [0.1, 0.15) is 17.6 Å². The minimum absolute atomic E-state index is 0.0916. The van der Waals surface area contributed by atoms with Crippen molar-refractivity contribution in [3.05, 3.63) is 60.0 Å². The average Bonchev–Trinajstić information content (AvgIpc) is 3.01. The monoisotopic (exact) mass is 412 g/mol. The average molecular weight is 412 g/mol. The molecule has 0 N–H and O–H groups in total. The lowest BCUT2D eigenvalue weighted by atomic mass is 10.1. The first kappa shape index (κ1) is 21.6. The number of carbonyl (C=O) groups is 2. The molecule has 0 aliphatic carbocycles. The van der Waals surface area contributed by atoms with Crippen LogP contribution in [-0.2, 0) is 19.1 Å². The number of hydrogen-bond donors (Lipinski definition) is 0. The summed E-state index contributed by atoms with van der Waals surface area (Å²) >= 11 is 0. The molecule has 1 atom stereocenters. The van der Waals surface area contributed by atoms with Crippen molar-refractivity contribution in [2.75, 3.05) is 38.8 Å². The number of likely N-dealkylation sites (N-methyl/N-ethyl adjacent to an activating group) is 1. The van der Waals surface area contributed by atoms with E-state index in [0.717, 1.165) is 38.2 Å². The predicted octanol–water partition coefficient (Wildman–Crippen LogP) is 3.04. The third kappa shape index (κ3) is 4.91. The molecule has 160 valence electrons. The molecule has 1 aromatic rings. The summed E-state index contributed by atoms with van der Waals surface area (Å²) in [5.74, 6) is -0.470. The number of rotatable bonds is 6. The van der Waals surface area contributed by atoms with Crippen LogP contribution in [0.4, 0.5) is 5.69 Å². The van der Waals surface area contributed by atoms with Crippen LogP contribution in [0.15, 0.2) is 60.0 Å². The first-order valence-corrected chi connectivity index (χ1v) is 10.1. The maximum absolute atomic E-state index is 12.5. The second kappa shape index (κ2) is 10.1. The van der Waals surface area contributed by atoms with Crippen molar-refractivity contribution < 1.29 is 23.8 Å². The van der Waals surface area contributed by atoms with Crippen LogP contribution in [0.5, 0.6) is 5.75 Å². The summed E-state index contributed by atoms with van der Waals surface area (Å²) in [5, 5.41) is 0. The highest BCUT2D eigenvalue weighted by atomic mass is 16.5. The van der Waals surface area contributed by atoms with Gasteiger partial charge in [-0.25, -0.2) is 9.59 Å². The Hall–Kier alpha value is -3.06. The highest BCUT2D eigenvalue weighted by molar-refractivity contribution is 6.05. The molecule has 1 aromatic carbocycles. The zero-order valence-corrected chi connectivity index (χ0v) is 17.7. The van der Waals surface area contributed by atoms with Gasteiger partial charge in [0.25, 0.3) is 0 Å². The number of anilines is 1. The van der Waals surface area contributed by atoms with E-state index in [2.05, 4.69) is 11.8 Å². The number of ether oxygens (including phenoxy) is 3. The van der Waals surface area contributed by atoms with Gasteiger partial charge in [-0.2, -0.15) is 0 Å². The number of hydrogen-bond acceptors (Lipinski definition) is 7. The fourth-order valence-electron chi connectivity index (χ4n) is 3.64. The van der Waals surface area contributed by atoms with Crippen LogP contribution in [0.3, 0.4) is 0 Å². The second-order valence-corrected chi connectivity index (χ2v) is 7.09. The van der Waals surface area contributed by atoms with E-state index in [1.165, 1.54) is 20.3 Å². The second-order valence-electron chi connectivity index (χ2n) is 7.09. The smallest absolute Gasteiger partial charge is 0.355 e. The Bertz CT molecular complexity index is 857. The molecule has 0 amide bonds. The molecule has 1 fully saturated rings. The summed E-state index contributed by atoms with van der Waals surface area (Å²) in [7, 11) is 2.55. The van der Waals surface area contributed by atoms with Crippen molar-refractivity contribution in [1.82, 2.24) is 4.90 Å². The molecule has 30 heavy (non-hydrogen) atoms. The topological polar surface area (TPSA) is 68.3 Å². The molecule has 0 bridgehead atoms. The van der Waals surface area contributed by atoms with Crippen molar-refractivity contribution in [2.45, 2.75) is 25.9 Å². The minimum atomic E-state index is -0.631. The Balaban J connectivity index is 1.84. The molecule has 7 heteroatoms. The molecule has 7 nitrogen and oxygen atoms in total. The van der Waals surface area contributed by atoms with Gasteiger partial charge in [0.05, 0.1) is 19.8 Å². The normalized spacial score (nSPS) is 19.4. The van der Waals surface area contributed by atoms with Gasteiger partial charge in [0.2, 0.25) is 0 Å². The molecule has 2 heterocycles. The van der Waals surface area contributed by atoms with E-state index < -0.39 is 11.9 Å². The third-order valence-electron chi connectivity index (χ3n) is 5.22. The van der Waals surface area contributed by atoms with Crippen molar-refractivity contribution in [3.8, 4) is 5.75 Å². The van der Waals surface area contributed by atoms with Gasteiger partial charge in [-0.3, -0.25) is 4.90 Å². The van der Waals surface area contributed by atoms with E-state index >= 15 is 0 Å². The zero-order valence-electron chi connectivity index (χ0n) is 17.7. The van der Waals surface area contributed by atoms with E-state index in [-0.39, 0.29) is 17.4 Å². The standard InChI is InChI=1S/C23H28N2O5/c1-4-24-14-7-8-19(16-24)30-18-12-10-17(11-13-18)25-15-6-5-9-20(22(26)28-2)21(25)23(27)29-3/h5-6,9-13,15,19H,4,7-8,14,16H2,1-3H3. The Morgan fingerprint density at radius 3 is 2.47 bits per heavy atom. The Labute approximate surface area is 177 Å². The van der Waals surface area contributed by atoms with Crippen molar-refractivity contribution in [1.29, 1.82) is 0 Å². The molecule has 0 radical (unpaired) electrons. The van der Waals surface area contributed by atoms with Crippen LogP contribution in [0.1, 0.15) is 19.8 Å². The van der Waals surface area contributed by atoms with Crippen LogP contribution in [0.2, 0.25) is 0 Å². The summed E-state index contributed by atoms with van der Waals surface area (Å²) in [6.45, 7) is 5.24. The van der Waals surface area contributed by atoms with Crippen LogP contribution < -0.4 is 9.64 Å². The maximum atomic E-state index is 12.5. The highest BCUT2D eigenvalue weighted by Crippen LogP contribution is 2.28. The van der Waals surface area contributed by atoms with E-state index in [9.17, 15) is 9.59 Å². The Morgan fingerprint density at radius 1 is 1.07 bits per heavy atom. The van der Waals surface area contributed by atoms with Gasteiger partial charge in [0.15, 0.2) is 0 Å². The van der Waals surface area contributed by atoms with Crippen LogP contribution in [0.25, 0.3) is 0 Å². The number of allylic oxidation sites excluding steroid dienone is 2. The quantitative estimate of drug-likeness (QED) is 0.665. The number of piperidine rings is 1. The van der Waals surface area contributed by atoms with Crippen molar-refractivity contribution in [3.63, 3.8) is 0 Å². The van der Waals surface area contributed by atoms with Crippen molar-refractivity contribution >= 4 is 17.6 Å². The molecule has 0 aromatic heterocycles. The van der Waals surface area contributed by atoms with Gasteiger partial charge >= 0.3 is 11.9 Å². The van der Waals surface area contributed by atoms with Gasteiger partial charge in [-0.1, -0.05) is 13.0 Å². The van der Waals surface area contributed by atoms with E-state index in [0.29, 0.717) is 5.69 Å². The lowest BCUT2D eigenvalue weighted by Crippen LogP contribution is -2.40. The molecular formula is C23H28N2O5. The number of esters is 2. The molecular weight excluding hydrogens is 384 g/mol. The molecule has 2 aliphatic rings. The van der Waals surface area contributed by atoms with Gasteiger partial charge in [0, 0.05) is 18.4 Å². The van der Waals surface area contributed by atoms with Crippen LogP contribution in [0, 0.1) is 0 Å². The summed E-state index contributed by atoms with van der Waals surface area (Å²) in [5.41, 5.74) is 0.911. The van der Waals surface area contributed by atoms with Gasteiger partial charge < -0.3 is 19.1 Å². The Morgan fingerprint density at radius 2 is 1.80 bits per heavy atom. The van der Waals surface area contributed by atoms with E-state index in [4.69, 9.17) is 14.2 Å². The molecule has 0 saturated carbocycles. The predicted molar refractivity (Wildman–Crippen MR) is 114 cm³/mol. The molecule has 1 unspecified atom stereocenters. The zero-order chi connectivity index (χ0) is 21.5. The SMILES string of the molecule is CCN1CCCC(Oc2ccc(N3C=CC=CC(C(=O)OC)=C3C(=O)OC)cc2)C1. The van der Waals surface area contributed by atoms with E-state index in [1.807, 2.05) is 24.3 Å².